The number of thioether (sulfide) groups is 1. The average molecular weight is 439 g/mol. The van der Waals surface area contributed by atoms with E-state index in [1.54, 1.807) is 7.11 Å². The summed E-state index contributed by atoms with van der Waals surface area (Å²) in [7, 11) is 1.66. The van der Waals surface area contributed by atoms with Crippen LogP contribution in [0.3, 0.4) is 0 Å². The quantitative estimate of drug-likeness (QED) is 0.462. The zero-order valence-electron chi connectivity index (χ0n) is 18.5. The maximum atomic E-state index is 12.6. The van der Waals surface area contributed by atoms with Gasteiger partial charge in [0.1, 0.15) is 5.75 Å². The van der Waals surface area contributed by atoms with Gasteiger partial charge >= 0.3 is 0 Å². The summed E-state index contributed by atoms with van der Waals surface area (Å²) < 4.78 is 7.40. The maximum absolute atomic E-state index is 12.6. The third-order valence-electron chi connectivity index (χ3n) is 5.14. The summed E-state index contributed by atoms with van der Waals surface area (Å²) in [6.45, 7) is 6.30. The molecule has 0 saturated carbocycles. The highest BCUT2D eigenvalue weighted by Crippen LogP contribution is 2.28. The van der Waals surface area contributed by atoms with Gasteiger partial charge in [0.15, 0.2) is 11.0 Å². The van der Waals surface area contributed by atoms with Crippen molar-refractivity contribution in [3.8, 4) is 17.1 Å². The Morgan fingerprint density at radius 1 is 1.13 bits per heavy atom. The summed E-state index contributed by atoms with van der Waals surface area (Å²) in [5.74, 6) is 1.95. The normalized spacial score (nSPS) is 12.9. The fraction of sp³-hybridized carbons (Fsp3) is 0.375. The monoisotopic (exact) mass is 438 g/mol. The van der Waals surface area contributed by atoms with E-state index < -0.39 is 0 Å². The Hall–Kier alpha value is -2.80. The number of carbonyl (C=O) groups is 1. The molecule has 1 amide bonds. The zero-order valence-corrected chi connectivity index (χ0v) is 19.4. The van der Waals surface area contributed by atoms with E-state index in [1.165, 1.54) is 11.8 Å². The van der Waals surface area contributed by atoms with E-state index in [2.05, 4.69) is 33.9 Å². The molecule has 0 radical (unpaired) electrons. The van der Waals surface area contributed by atoms with Crippen LogP contribution in [-0.4, -0.2) is 39.6 Å². The lowest BCUT2D eigenvalue weighted by molar-refractivity contribution is -0.119. The Morgan fingerprint density at radius 3 is 2.61 bits per heavy atom. The smallest absolute Gasteiger partial charge is 0.230 e. The van der Waals surface area contributed by atoms with Gasteiger partial charge in [-0.15, -0.1) is 10.2 Å². The van der Waals surface area contributed by atoms with Crippen molar-refractivity contribution in [1.29, 1.82) is 0 Å². The largest absolute Gasteiger partial charge is 0.497 e. The molecular formula is C24H30N4O2S. The minimum absolute atomic E-state index is 0.0136. The first kappa shape index (κ1) is 22.9. The molecule has 0 bridgehead atoms. The Kier molecular flexibility index (Phi) is 8.12. The first-order valence-electron chi connectivity index (χ1n) is 10.6. The van der Waals surface area contributed by atoms with Crippen molar-refractivity contribution in [3.05, 3.63) is 60.2 Å². The van der Waals surface area contributed by atoms with Gasteiger partial charge in [-0.2, -0.15) is 0 Å². The summed E-state index contributed by atoms with van der Waals surface area (Å²) in [6.07, 6.45) is 1.70. The fourth-order valence-corrected chi connectivity index (χ4v) is 4.24. The van der Waals surface area contributed by atoms with Gasteiger partial charge in [0.05, 0.1) is 12.9 Å². The van der Waals surface area contributed by atoms with Crippen LogP contribution in [0.2, 0.25) is 0 Å². The number of ether oxygens (including phenoxy) is 1. The molecule has 2 aromatic carbocycles. The molecule has 1 N–H and O–H groups in total. The molecule has 2 unspecified atom stereocenters. The number of benzene rings is 2. The van der Waals surface area contributed by atoms with E-state index in [0.717, 1.165) is 40.7 Å². The van der Waals surface area contributed by atoms with Crippen molar-refractivity contribution in [1.82, 2.24) is 20.1 Å². The van der Waals surface area contributed by atoms with Gasteiger partial charge in [-0.3, -0.25) is 9.36 Å². The number of amides is 1. The van der Waals surface area contributed by atoms with Gasteiger partial charge in [-0.25, -0.2) is 0 Å². The number of nitrogens with one attached hydrogen (secondary N) is 1. The first-order chi connectivity index (χ1) is 15.0. The standard InChI is InChI=1S/C24H30N4O2S/c1-5-18(3)28-23(20-11-7-6-8-12-20)26-27-24(28)31-16-22(29)25-17(2)14-19-10-9-13-21(15-19)30-4/h6-13,15,17-18H,5,14,16H2,1-4H3,(H,25,29). The number of aromatic nitrogens is 3. The van der Waals surface area contributed by atoms with Crippen LogP contribution in [0.5, 0.6) is 5.75 Å². The number of carbonyl (C=O) groups excluding carboxylic acids is 1. The van der Waals surface area contributed by atoms with Gasteiger partial charge in [0.2, 0.25) is 5.91 Å². The molecule has 1 aromatic heterocycles. The van der Waals surface area contributed by atoms with Gasteiger partial charge < -0.3 is 10.1 Å². The molecule has 31 heavy (non-hydrogen) atoms. The lowest BCUT2D eigenvalue weighted by Crippen LogP contribution is -2.35. The lowest BCUT2D eigenvalue weighted by Gasteiger charge is -2.17. The molecule has 3 rings (SSSR count). The second-order valence-corrected chi connectivity index (χ2v) is 8.55. The minimum Gasteiger partial charge on any atom is -0.497 e. The van der Waals surface area contributed by atoms with Crippen molar-refractivity contribution in [3.63, 3.8) is 0 Å². The molecule has 0 aliphatic heterocycles. The Morgan fingerprint density at radius 2 is 1.90 bits per heavy atom. The van der Waals surface area contributed by atoms with Crippen LogP contribution in [0.25, 0.3) is 11.4 Å². The van der Waals surface area contributed by atoms with Crippen molar-refractivity contribution in [2.45, 2.75) is 50.9 Å². The number of nitrogens with zero attached hydrogens (tertiary/aromatic N) is 3. The lowest BCUT2D eigenvalue weighted by atomic mass is 10.1. The number of methoxy groups -OCH3 is 1. The number of rotatable bonds is 10. The molecule has 0 aliphatic rings. The molecule has 164 valence electrons. The third kappa shape index (κ3) is 6.10. The highest BCUT2D eigenvalue weighted by Gasteiger charge is 2.19. The van der Waals surface area contributed by atoms with E-state index in [-0.39, 0.29) is 18.0 Å². The highest BCUT2D eigenvalue weighted by atomic mass is 32.2. The van der Waals surface area contributed by atoms with Gasteiger partial charge in [-0.05, 0) is 44.4 Å². The summed E-state index contributed by atoms with van der Waals surface area (Å²) >= 11 is 1.43. The van der Waals surface area contributed by atoms with Gasteiger partial charge in [-0.1, -0.05) is 61.2 Å². The van der Waals surface area contributed by atoms with Crippen LogP contribution < -0.4 is 10.1 Å². The predicted molar refractivity (Wildman–Crippen MR) is 125 cm³/mol. The molecule has 6 nitrogen and oxygen atoms in total. The second kappa shape index (κ2) is 11.0. The Labute approximate surface area is 188 Å². The van der Waals surface area contributed by atoms with Gasteiger partial charge in [0.25, 0.3) is 0 Å². The van der Waals surface area contributed by atoms with Crippen molar-refractivity contribution >= 4 is 17.7 Å². The number of hydrogen-bond acceptors (Lipinski definition) is 5. The first-order valence-corrected chi connectivity index (χ1v) is 11.6. The van der Waals surface area contributed by atoms with E-state index in [4.69, 9.17) is 4.74 Å². The number of hydrogen-bond donors (Lipinski definition) is 1. The van der Waals surface area contributed by atoms with E-state index in [0.29, 0.717) is 5.75 Å². The van der Waals surface area contributed by atoms with E-state index in [9.17, 15) is 4.79 Å². The van der Waals surface area contributed by atoms with Crippen LogP contribution in [0.4, 0.5) is 0 Å². The fourth-order valence-electron chi connectivity index (χ4n) is 3.39. The summed E-state index contributed by atoms with van der Waals surface area (Å²) in [5, 5.41) is 12.6. The molecule has 2 atom stereocenters. The van der Waals surface area contributed by atoms with Crippen molar-refractivity contribution in [2.24, 2.45) is 0 Å². The van der Waals surface area contributed by atoms with E-state index in [1.807, 2.05) is 61.5 Å². The third-order valence-corrected chi connectivity index (χ3v) is 6.09. The zero-order chi connectivity index (χ0) is 22.2. The molecular weight excluding hydrogens is 408 g/mol. The minimum atomic E-state index is -0.0136. The highest BCUT2D eigenvalue weighted by molar-refractivity contribution is 7.99. The van der Waals surface area contributed by atoms with Gasteiger partial charge in [0, 0.05) is 17.6 Å². The maximum Gasteiger partial charge on any atom is 0.230 e. The van der Waals surface area contributed by atoms with Crippen LogP contribution in [-0.2, 0) is 11.2 Å². The van der Waals surface area contributed by atoms with E-state index >= 15 is 0 Å². The van der Waals surface area contributed by atoms with Crippen molar-refractivity contribution < 1.29 is 9.53 Å². The van der Waals surface area contributed by atoms with Crippen LogP contribution in [0, 0.1) is 0 Å². The molecule has 7 heteroatoms. The summed E-state index contributed by atoms with van der Waals surface area (Å²) in [6, 6.07) is 18.2. The van der Waals surface area contributed by atoms with Crippen LogP contribution in [0.15, 0.2) is 59.8 Å². The molecule has 0 spiro atoms. The second-order valence-electron chi connectivity index (χ2n) is 7.61. The molecule has 0 fully saturated rings. The summed E-state index contributed by atoms with van der Waals surface area (Å²) in [5.41, 5.74) is 2.15. The van der Waals surface area contributed by atoms with Crippen LogP contribution >= 0.6 is 11.8 Å². The molecule has 0 saturated heterocycles. The van der Waals surface area contributed by atoms with Crippen molar-refractivity contribution in [2.75, 3.05) is 12.9 Å². The summed E-state index contributed by atoms with van der Waals surface area (Å²) in [4.78, 5) is 12.6. The Balaban J connectivity index is 1.62. The molecule has 0 aliphatic carbocycles. The Bertz CT molecular complexity index is 990. The molecule has 1 heterocycles. The molecule has 3 aromatic rings. The topological polar surface area (TPSA) is 69.0 Å². The SMILES string of the molecule is CCC(C)n1c(SCC(=O)NC(C)Cc2cccc(OC)c2)nnc1-c1ccccc1. The van der Waals surface area contributed by atoms with Crippen LogP contribution in [0.1, 0.15) is 38.8 Å². The average Bonchev–Trinajstić information content (AvgIpc) is 3.21. The predicted octanol–water partition coefficient (Wildman–Crippen LogP) is 4.76.